The van der Waals surface area contributed by atoms with E-state index in [1.807, 2.05) is 0 Å². The van der Waals surface area contributed by atoms with Crippen LogP contribution in [-0.4, -0.2) is 45.4 Å². The van der Waals surface area contributed by atoms with Gasteiger partial charge in [-0.15, -0.1) is 11.3 Å². The van der Waals surface area contributed by atoms with Gasteiger partial charge in [0.25, 0.3) is 0 Å². The van der Waals surface area contributed by atoms with E-state index >= 15 is 0 Å². The summed E-state index contributed by atoms with van der Waals surface area (Å²) in [5.74, 6) is -0.416. The van der Waals surface area contributed by atoms with Crippen molar-refractivity contribution in [2.75, 3.05) is 30.8 Å². The number of hydrogen-bond donors (Lipinski definition) is 1. The Morgan fingerprint density at radius 3 is 2.90 bits per heavy atom. The maximum atomic E-state index is 11.7. The quantitative estimate of drug-likeness (QED) is 0.539. The van der Waals surface area contributed by atoms with Gasteiger partial charge >= 0.3 is 5.97 Å². The van der Waals surface area contributed by atoms with Crippen LogP contribution >= 0.6 is 11.3 Å². The molecule has 0 spiro atoms. The van der Waals surface area contributed by atoms with Crippen molar-refractivity contribution in [1.82, 2.24) is 4.98 Å². The maximum absolute atomic E-state index is 11.7. The molecule has 114 valence electrons. The number of esters is 1. The van der Waals surface area contributed by atoms with Gasteiger partial charge in [0.2, 0.25) is 10.0 Å². The van der Waals surface area contributed by atoms with E-state index in [4.69, 9.17) is 9.47 Å². The van der Waals surface area contributed by atoms with E-state index in [9.17, 15) is 13.2 Å². The van der Waals surface area contributed by atoms with Crippen LogP contribution in [0.15, 0.2) is 5.38 Å². The number of hydrogen-bond acceptors (Lipinski definition) is 7. The SMILES string of the molecule is CCOC(=O)Cc1csc(NS(=O)(=O)CCCOC)n1. The molecule has 0 aliphatic heterocycles. The third-order valence-electron chi connectivity index (χ3n) is 2.19. The number of carbonyl (C=O) groups is 1. The van der Waals surface area contributed by atoms with Crippen LogP contribution < -0.4 is 4.72 Å². The maximum Gasteiger partial charge on any atom is 0.311 e. The van der Waals surface area contributed by atoms with Gasteiger partial charge in [-0.1, -0.05) is 0 Å². The lowest BCUT2D eigenvalue weighted by Crippen LogP contribution is -2.17. The number of nitrogens with zero attached hydrogens (tertiary/aromatic N) is 1. The molecule has 1 rings (SSSR count). The Morgan fingerprint density at radius 2 is 2.25 bits per heavy atom. The van der Waals surface area contributed by atoms with Gasteiger partial charge < -0.3 is 9.47 Å². The van der Waals surface area contributed by atoms with E-state index in [1.165, 1.54) is 7.11 Å². The van der Waals surface area contributed by atoms with Crippen LogP contribution in [0.25, 0.3) is 0 Å². The molecule has 0 radical (unpaired) electrons. The lowest BCUT2D eigenvalue weighted by atomic mass is 10.3. The van der Waals surface area contributed by atoms with Gasteiger partial charge in [-0.2, -0.15) is 0 Å². The Morgan fingerprint density at radius 1 is 1.50 bits per heavy atom. The molecular weight excluding hydrogens is 304 g/mol. The minimum Gasteiger partial charge on any atom is -0.466 e. The minimum absolute atomic E-state index is 0.0341. The molecule has 1 aromatic heterocycles. The van der Waals surface area contributed by atoms with Gasteiger partial charge in [0.1, 0.15) is 0 Å². The van der Waals surface area contributed by atoms with E-state index in [0.29, 0.717) is 25.3 Å². The molecule has 0 aliphatic carbocycles. The van der Waals surface area contributed by atoms with Crippen LogP contribution in [0.3, 0.4) is 0 Å². The largest absolute Gasteiger partial charge is 0.466 e. The van der Waals surface area contributed by atoms with E-state index in [2.05, 4.69) is 9.71 Å². The van der Waals surface area contributed by atoms with Gasteiger partial charge in [-0.25, -0.2) is 13.4 Å². The van der Waals surface area contributed by atoms with Crippen molar-refractivity contribution >= 4 is 32.5 Å². The standard InChI is InChI=1S/C11H18N2O5S2/c1-3-18-10(14)7-9-8-19-11(12-9)13-20(15,16)6-4-5-17-2/h8H,3-7H2,1-2H3,(H,12,13). The first-order valence-corrected chi connectivity index (χ1v) is 8.59. The van der Waals surface area contributed by atoms with Crippen molar-refractivity contribution in [1.29, 1.82) is 0 Å². The summed E-state index contributed by atoms with van der Waals surface area (Å²) in [6.45, 7) is 2.41. The summed E-state index contributed by atoms with van der Waals surface area (Å²) in [6, 6.07) is 0. The average Bonchev–Trinajstić information content (AvgIpc) is 2.76. The molecule has 0 saturated carbocycles. The Hall–Kier alpha value is -1.19. The number of methoxy groups -OCH3 is 1. The number of carbonyl (C=O) groups excluding carboxylic acids is 1. The van der Waals surface area contributed by atoms with Crippen LogP contribution in [-0.2, 0) is 30.7 Å². The van der Waals surface area contributed by atoms with Gasteiger partial charge in [0.05, 0.1) is 24.5 Å². The number of anilines is 1. The van der Waals surface area contributed by atoms with Crippen molar-refractivity contribution in [3.63, 3.8) is 0 Å². The molecule has 0 aliphatic rings. The molecule has 20 heavy (non-hydrogen) atoms. The summed E-state index contributed by atoms with van der Waals surface area (Å²) in [4.78, 5) is 15.3. The first-order chi connectivity index (χ1) is 9.46. The van der Waals surface area contributed by atoms with Crippen LogP contribution in [0.5, 0.6) is 0 Å². The number of nitrogens with one attached hydrogen (secondary N) is 1. The number of rotatable bonds is 9. The minimum atomic E-state index is -3.43. The smallest absolute Gasteiger partial charge is 0.311 e. The molecule has 0 aromatic carbocycles. The molecule has 0 atom stereocenters. The highest BCUT2D eigenvalue weighted by Gasteiger charge is 2.14. The lowest BCUT2D eigenvalue weighted by molar-refractivity contribution is -0.142. The first kappa shape index (κ1) is 16.9. The summed E-state index contributed by atoms with van der Waals surface area (Å²) in [7, 11) is -1.91. The van der Waals surface area contributed by atoms with Crippen LogP contribution in [0.1, 0.15) is 19.0 Å². The highest BCUT2D eigenvalue weighted by Crippen LogP contribution is 2.17. The highest BCUT2D eigenvalue weighted by molar-refractivity contribution is 7.92. The molecule has 1 aromatic rings. The molecule has 1 N–H and O–H groups in total. The molecule has 1 heterocycles. The van der Waals surface area contributed by atoms with E-state index in [-0.39, 0.29) is 23.3 Å². The summed E-state index contributed by atoms with van der Waals surface area (Å²) < 4.78 is 35.4. The second-order valence-electron chi connectivity index (χ2n) is 3.89. The van der Waals surface area contributed by atoms with Gasteiger partial charge in [-0.05, 0) is 13.3 Å². The first-order valence-electron chi connectivity index (χ1n) is 6.06. The summed E-state index contributed by atoms with van der Waals surface area (Å²) in [5.41, 5.74) is 0.489. The second-order valence-corrected chi connectivity index (χ2v) is 6.59. The molecule has 9 heteroatoms. The number of aromatic nitrogens is 1. The van der Waals surface area contributed by atoms with Crippen molar-refractivity contribution in [2.24, 2.45) is 0 Å². The molecule has 0 unspecified atom stereocenters. The molecule has 7 nitrogen and oxygen atoms in total. The second kappa shape index (κ2) is 8.18. The Bertz CT molecular complexity index is 527. The zero-order valence-electron chi connectivity index (χ0n) is 11.4. The zero-order chi connectivity index (χ0) is 15.0. The third kappa shape index (κ3) is 6.31. The van der Waals surface area contributed by atoms with Crippen molar-refractivity contribution in [3.8, 4) is 0 Å². The monoisotopic (exact) mass is 322 g/mol. The van der Waals surface area contributed by atoms with E-state index in [1.54, 1.807) is 12.3 Å². The van der Waals surface area contributed by atoms with Crippen molar-refractivity contribution in [2.45, 2.75) is 19.8 Å². The average molecular weight is 322 g/mol. The summed E-state index contributed by atoms with van der Waals surface area (Å²) in [5, 5.41) is 1.88. The van der Waals surface area contributed by atoms with Crippen LogP contribution in [0, 0.1) is 0 Å². The van der Waals surface area contributed by atoms with Crippen molar-refractivity contribution in [3.05, 3.63) is 11.1 Å². The highest BCUT2D eigenvalue weighted by atomic mass is 32.2. The molecular formula is C11H18N2O5S2. The molecule has 0 saturated heterocycles. The van der Waals surface area contributed by atoms with Gasteiger partial charge in [0.15, 0.2) is 5.13 Å². The summed E-state index contributed by atoms with van der Waals surface area (Å²) >= 11 is 1.14. The predicted octanol–water partition coefficient (Wildman–Crippen LogP) is 1.03. The van der Waals surface area contributed by atoms with E-state index < -0.39 is 10.0 Å². The number of sulfonamides is 1. The molecule has 0 bridgehead atoms. The lowest BCUT2D eigenvalue weighted by Gasteiger charge is -2.04. The predicted molar refractivity (Wildman–Crippen MR) is 76.4 cm³/mol. The van der Waals surface area contributed by atoms with Crippen LogP contribution in [0.2, 0.25) is 0 Å². The van der Waals surface area contributed by atoms with Gasteiger partial charge in [0, 0.05) is 19.1 Å². The zero-order valence-corrected chi connectivity index (χ0v) is 13.1. The normalized spacial score (nSPS) is 11.3. The topological polar surface area (TPSA) is 94.6 Å². The fourth-order valence-corrected chi connectivity index (χ4v) is 3.41. The molecule has 0 fully saturated rings. The Kier molecular flexibility index (Phi) is 6.89. The number of ether oxygens (including phenoxy) is 2. The number of thiazole rings is 1. The van der Waals surface area contributed by atoms with Crippen molar-refractivity contribution < 1.29 is 22.7 Å². The third-order valence-corrected chi connectivity index (χ3v) is 4.45. The fourth-order valence-electron chi connectivity index (χ4n) is 1.37. The Labute approximate surface area is 122 Å². The van der Waals surface area contributed by atoms with Gasteiger partial charge in [-0.3, -0.25) is 9.52 Å². The molecule has 0 amide bonds. The van der Waals surface area contributed by atoms with Crippen LogP contribution in [0.4, 0.5) is 5.13 Å². The van der Waals surface area contributed by atoms with E-state index in [0.717, 1.165) is 11.3 Å². The summed E-state index contributed by atoms with van der Waals surface area (Å²) in [6.07, 6.45) is 0.447. The fraction of sp³-hybridized carbons (Fsp3) is 0.636. The Balaban J connectivity index is 2.53.